The van der Waals surface area contributed by atoms with Gasteiger partial charge in [0.2, 0.25) is 0 Å². The quantitative estimate of drug-likeness (QED) is 0.781. The summed E-state index contributed by atoms with van der Waals surface area (Å²) in [5.41, 5.74) is 0.967. The Kier molecular flexibility index (Phi) is 4.35. The van der Waals surface area contributed by atoms with Gasteiger partial charge in [-0.2, -0.15) is 0 Å². The molecular weight excluding hydrogens is 286 g/mol. The van der Waals surface area contributed by atoms with Crippen molar-refractivity contribution in [2.75, 3.05) is 6.54 Å². The average Bonchev–Trinajstić information content (AvgIpc) is 2.71. The van der Waals surface area contributed by atoms with Crippen LogP contribution in [-0.2, 0) is 17.8 Å². The maximum atomic E-state index is 12.1. The van der Waals surface area contributed by atoms with Crippen molar-refractivity contribution in [2.24, 2.45) is 0 Å². The molecule has 0 aliphatic carbocycles. The van der Waals surface area contributed by atoms with Crippen molar-refractivity contribution in [3.63, 3.8) is 0 Å². The van der Waals surface area contributed by atoms with E-state index < -0.39 is 23.6 Å². The van der Waals surface area contributed by atoms with Crippen LogP contribution in [0.5, 0.6) is 0 Å². The lowest BCUT2D eigenvalue weighted by Crippen LogP contribution is -2.50. The van der Waals surface area contributed by atoms with Crippen LogP contribution in [0.1, 0.15) is 25.0 Å². The Morgan fingerprint density at radius 1 is 1.27 bits per heavy atom. The summed E-state index contributed by atoms with van der Waals surface area (Å²) in [5, 5.41) is 14.0. The van der Waals surface area contributed by atoms with Crippen LogP contribution in [0.15, 0.2) is 24.3 Å². The van der Waals surface area contributed by atoms with Crippen molar-refractivity contribution in [1.82, 2.24) is 15.5 Å². The molecular formula is C15H19N3O4. The second-order valence-corrected chi connectivity index (χ2v) is 5.85. The number of urea groups is 2. The summed E-state index contributed by atoms with van der Waals surface area (Å²) in [6.07, 6.45) is -0.0330. The maximum absolute atomic E-state index is 12.1. The van der Waals surface area contributed by atoms with Gasteiger partial charge in [-0.05, 0) is 25.0 Å². The Bertz CT molecular complexity index is 595. The van der Waals surface area contributed by atoms with Gasteiger partial charge in [0, 0.05) is 13.1 Å². The third kappa shape index (κ3) is 3.55. The molecule has 22 heavy (non-hydrogen) atoms. The first-order valence-electron chi connectivity index (χ1n) is 6.95. The van der Waals surface area contributed by atoms with E-state index in [1.165, 1.54) is 4.90 Å². The monoisotopic (exact) mass is 305 g/mol. The van der Waals surface area contributed by atoms with E-state index in [0.717, 1.165) is 5.56 Å². The molecule has 0 bridgehead atoms. The molecule has 2 rings (SSSR count). The van der Waals surface area contributed by atoms with E-state index in [9.17, 15) is 14.4 Å². The molecule has 1 saturated heterocycles. The van der Waals surface area contributed by atoms with Crippen molar-refractivity contribution in [3.05, 3.63) is 35.4 Å². The lowest BCUT2D eigenvalue weighted by molar-refractivity contribution is -0.136. The van der Waals surface area contributed by atoms with Gasteiger partial charge in [0.15, 0.2) is 0 Å². The summed E-state index contributed by atoms with van der Waals surface area (Å²) >= 11 is 0. The molecule has 1 fully saturated rings. The van der Waals surface area contributed by atoms with Crippen LogP contribution in [-0.4, -0.2) is 40.1 Å². The van der Waals surface area contributed by atoms with Crippen LogP contribution < -0.4 is 10.6 Å². The number of amides is 4. The van der Waals surface area contributed by atoms with Crippen LogP contribution in [0.25, 0.3) is 0 Å². The Morgan fingerprint density at radius 2 is 1.86 bits per heavy atom. The fourth-order valence-corrected chi connectivity index (χ4v) is 2.30. The summed E-state index contributed by atoms with van der Waals surface area (Å²) in [7, 11) is 0. The van der Waals surface area contributed by atoms with Crippen LogP contribution in [0.4, 0.5) is 9.59 Å². The number of imide groups is 1. The standard InChI is InChI=1S/C15H19N3O4/c1-15(2)9-17-14(22)18(15)13(21)16-8-11-5-3-10(4-6-11)7-12(19)20/h3-6H,7-9H2,1-2H3,(H,16,21)(H,17,22)(H,19,20). The van der Waals surface area contributed by atoms with E-state index in [1.807, 2.05) is 13.8 Å². The largest absolute Gasteiger partial charge is 0.481 e. The number of carboxylic acid groups (broad SMARTS) is 1. The Morgan fingerprint density at radius 3 is 2.36 bits per heavy atom. The first kappa shape index (κ1) is 15.8. The van der Waals surface area contributed by atoms with Gasteiger partial charge < -0.3 is 15.7 Å². The minimum atomic E-state index is -0.886. The molecule has 0 radical (unpaired) electrons. The smallest absolute Gasteiger partial charge is 0.326 e. The lowest BCUT2D eigenvalue weighted by Gasteiger charge is -2.27. The Balaban J connectivity index is 1.94. The third-order valence-electron chi connectivity index (χ3n) is 3.51. The van der Waals surface area contributed by atoms with Crippen molar-refractivity contribution in [1.29, 1.82) is 0 Å². The van der Waals surface area contributed by atoms with E-state index in [0.29, 0.717) is 12.1 Å². The van der Waals surface area contributed by atoms with E-state index >= 15 is 0 Å². The number of nitrogens with one attached hydrogen (secondary N) is 2. The molecule has 0 aromatic heterocycles. The van der Waals surface area contributed by atoms with Crippen molar-refractivity contribution in [3.8, 4) is 0 Å². The number of benzene rings is 1. The minimum absolute atomic E-state index is 0.0330. The van der Waals surface area contributed by atoms with Crippen molar-refractivity contribution >= 4 is 18.0 Å². The Hall–Kier alpha value is -2.57. The average molecular weight is 305 g/mol. The number of nitrogens with zero attached hydrogens (tertiary/aromatic N) is 1. The van der Waals surface area contributed by atoms with E-state index in [-0.39, 0.29) is 13.0 Å². The SMILES string of the molecule is CC1(C)CNC(=O)N1C(=O)NCc1ccc(CC(=O)O)cc1. The van der Waals surface area contributed by atoms with Gasteiger partial charge in [-0.25, -0.2) is 14.5 Å². The van der Waals surface area contributed by atoms with Crippen LogP contribution in [0, 0.1) is 0 Å². The highest BCUT2D eigenvalue weighted by Gasteiger charge is 2.41. The minimum Gasteiger partial charge on any atom is -0.481 e. The number of carbonyl (C=O) groups is 3. The normalized spacial score (nSPS) is 16.3. The molecule has 1 heterocycles. The first-order chi connectivity index (χ1) is 10.3. The number of aliphatic carboxylic acids is 1. The highest BCUT2D eigenvalue weighted by atomic mass is 16.4. The van der Waals surface area contributed by atoms with Gasteiger partial charge in [0.1, 0.15) is 0 Å². The molecule has 0 atom stereocenters. The molecule has 118 valence electrons. The van der Waals surface area contributed by atoms with Gasteiger partial charge in [0.05, 0.1) is 12.0 Å². The molecule has 4 amide bonds. The molecule has 3 N–H and O–H groups in total. The molecule has 0 saturated carbocycles. The molecule has 1 aromatic carbocycles. The molecule has 1 aliphatic heterocycles. The second kappa shape index (κ2) is 6.05. The number of rotatable bonds is 4. The maximum Gasteiger partial charge on any atom is 0.326 e. The van der Waals surface area contributed by atoms with E-state index in [2.05, 4.69) is 10.6 Å². The van der Waals surface area contributed by atoms with E-state index in [4.69, 9.17) is 5.11 Å². The van der Waals surface area contributed by atoms with Gasteiger partial charge in [-0.3, -0.25) is 4.79 Å². The molecule has 1 aliphatic rings. The highest BCUT2D eigenvalue weighted by molar-refractivity contribution is 5.96. The summed E-state index contributed by atoms with van der Waals surface area (Å²) in [5.74, 6) is -0.886. The zero-order valence-electron chi connectivity index (χ0n) is 12.5. The van der Waals surface area contributed by atoms with E-state index in [1.54, 1.807) is 24.3 Å². The first-order valence-corrected chi connectivity index (χ1v) is 6.95. The third-order valence-corrected chi connectivity index (χ3v) is 3.51. The lowest BCUT2D eigenvalue weighted by atomic mass is 10.1. The Labute approximate surface area is 128 Å². The zero-order valence-corrected chi connectivity index (χ0v) is 12.5. The zero-order chi connectivity index (χ0) is 16.3. The molecule has 7 nitrogen and oxygen atoms in total. The number of hydrogen-bond donors (Lipinski definition) is 3. The number of carboxylic acids is 1. The predicted octanol–water partition coefficient (Wildman–Crippen LogP) is 1.33. The van der Waals surface area contributed by atoms with Crippen LogP contribution >= 0.6 is 0 Å². The van der Waals surface area contributed by atoms with Gasteiger partial charge in [-0.15, -0.1) is 0 Å². The fourth-order valence-electron chi connectivity index (χ4n) is 2.30. The fraction of sp³-hybridized carbons (Fsp3) is 0.400. The highest BCUT2D eigenvalue weighted by Crippen LogP contribution is 2.19. The molecule has 7 heteroatoms. The summed E-state index contributed by atoms with van der Waals surface area (Å²) in [4.78, 5) is 35.6. The van der Waals surface area contributed by atoms with Crippen molar-refractivity contribution < 1.29 is 19.5 Å². The summed E-state index contributed by atoms with van der Waals surface area (Å²) in [6, 6.07) is 6.08. The van der Waals surface area contributed by atoms with Crippen molar-refractivity contribution in [2.45, 2.75) is 32.4 Å². The predicted molar refractivity (Wildman–Crippen MR) is 79.3 cm³/mol. The topological polar surface area (TPSA) is 98.7 Å². The second-order valence-electron chi connectivity index (χ2n) is 5.85. The van der Waals surface area contributed by atoms with Gasteiger partial charge in [0.25, 0.3) is 0 Å². The molecule has 0 unspecified atom stereocenters. The number of hydrogen-bond acceptors (Lipinski definition) is 3. The number of carbonyl (C=O) groups excluding carboxylic acids is 2. The summed E-state index contributed by atoms with van der Waals surface area (Å²) < 4.78 is 0. The van der Waals surface area contributed by atoms with Gasteiger partial charge >= 0.3 is 18.0 Å². The molecule has 0 spiro atoms. The van der Waals surface area contributed by atoms with Crippen LogP contribution in [0.2, 0.25) is 0 Å². The van der Waals surface area contributed by atoms with Gasteiger partial charge in [-0.1, -0.05) is 24.3 Å². The molecule has 1 aromatic rings. The summed E-state index contributed by atoms with van der Waals surface area (Å²) in [6.45, 7) is 4.31. The van der Waals surface area contributed by atoms with Crippen LogP contribution in [0.3, 0.4) is 0 Å².